The SMILES string of the molecule is CC1Cc2ccccc2N(c2nccc(CCl)c2F)C1. The number of alkyl halides is 1. The van der Waals surface area contributed by atoms with Gasteiger partial charge < -0.3 is 4.90 Å². The third-order valence-electron chi connectivity index (χ3n) is 3.70. The quantitative estimate of drug-likeness (QED) is 0.767. The smallest absolute Gasteiger partial charge is 0.170 e. The zero-order valence-corrected chi connectivity index (χ0v) is 12.1. The van der Waals surface area contributed by atoms with E-state index in [1.54, 1.807) is 12.3 Å². The van der Waals surface area contributed by atoms with Crippen LogP contribution in [0, 0.1) is 11.7 Å². The molecule has 1 aromatic heterocycles. The molecule has 1 atom stereocenters. The first-order valence-corrected chi connectivity index (χ1v) is 7.29. The molecule has 0 saturated heterocycles. The van der Waals surface area contributed by atoms with Gasteiger partial charge in [-0.25, -0.2) is 9.37 Å². The molecule has 20 heavy (non-hydrogen) atoms. The largest absolute Gasteiger partial charge is 0.323 e. The molecule has 3 rings (SSSR count). The van der Waals surface area contributed by atoms with Crippen LogP contribution in [0.15, 0.2) is 36.5 Å². The average molecular weight is 291 g/mol. The van der Waals surface area contributed by atoms with Crippen molar-refractivity contribution in [3.05, 3.63) is 53.5 Å². The fraction of sp³-hybridized carbons (Fsp3) is 0.312. The molecule has 0 spiro atoms. The van der Waals surface area contributed by atoms with Gasteiger partial charge in [-0.15, -0.1) is 11.6 Å². The van der Waals surface area contributed by atoms with Crippen molar-refractivity contribution in [3.63, 3.8) is 0 Å². The minimum Gasteiger partial charge on any atom is -0.323 e. The van der Waals surface area contributed by atoms with Gasteiger partial charge in [-0.1, -0.05) is 25.1 Å². The van der Waals surface area contributed by atoms with Crippen LogP contribution in [0.4, 0.5) is 15.9 Å². The Kier molecular flexibility index (Phi) is 3.62. The molecule has 2 nitrogen and oxygen atoms in total. The second-order valence-corrected chi connectivity index (χ2v) is 5.56. The maximum atomic E-state index is 14.5. The summed E-state index contributed by atoms with van der Waals surface area (Å²) in [6.07, 6.45) is 2.64. The molecule has 1 aliphatic rings. The van der Waals surface area contributed by atoms with Gasteiger partial charge in [0.2, 0.25) is 0 Å². The lowest BCUT2D eigenvalue weighted by molar-refractivity contribution is 0.545. The third kappa shape index (κ3) is 2.27. The van der Waals surface area contributed by atoms with Crippen molar-refractivity contribution in [1.29, 1.82) is 0 Å². The number of para-hydroxylation sites is 1. The Morgan fingerprint density at radius 3 is 2.95 bits per heavy atom. The fourth-order valence-corrected chi connectivity index (χ4v) is 2.97. The van der Waals surface area contributed by atoms with Crippen LogP contribution in [-0.2, 0) is 12.3 Å². The predicted octanol–water partition coefficient (Wildman–Crippen LogP) is 4.29. The zero-order chi connectivity index (χ0) is 14.1. The fourth-order valence-electron chi connectivity index (χ4n) is 2.76. The number of rotatable bonds is 2. The van der Waals surface area contributed by atoms with Gasteiger partial charge in [0, 0.05) is 24.0 Å². The summed E-state index contributed by atoms with van der Waals surface area (Å²) in [5, 5.41) is 0. The normalized spacial score (nSPS) is 17.9. The minimum atomic E-state index is -0.314. The average Bonchev–Trinajstić information content (AvgIpc) is 2.46. The van der Waals surface area contributed by atoms with Gasteiger partial charge in [0.05, 0.1) is 5.88 Å². The van der Waals surface area contributed by atoms with Crippen LogP contribution in [0.2, 0.25) is 0 Å². The molecule has 1 unspecified atom stereocenters. The van der Waals surface area contributed by atoms with E-state index in [-0.39, 0.29) is 11.7 Å². The monoisotopic (exact) mass is 290 g/mol. The standard InChI is InChI=1S/C16H16ClFN2/c1-11-8-12-4-2-3-5-14(12)20(10-11)16-15(18)13(9-17)6-7-19-16/h2-7,11H,8-10H2,1H3. The van der Waals surface area contributed by atoms with Crippen molar-refractivity contribution in [2.45, 2.75) is 19.2 Å². The Labute approximate surface area is 123 Å². The Morgan fingerprint density at radius 2 is 2.15 bits per heavy atom. The lowest BCUT2D eigenvalue weighted by Crippen LogP contribution is -2.31. The van der Waals surface area contributed by atoms with Gasteiger partial charge in [-0.3, -0.25) is 0 Å². The van der Waals surface area contributed by atoms with Crippen molar-refractivity contribution >= 4 is 23.1 Å². The van der Waals surface area contributed by atoms with Crippen LogP contribution in [0.5, 0.6) is 0 Å². The van der Waals surface area contributed by atoms with Crippen LogP contribution < -0.4 is 4.90 Å². The number of nitrogens with zero attached hydrogens (tertiary/aromatic N) is 2. The maximum absolute atomic E-state index is 14.5. The molecule has 104 valence electrons. The molecule has 0 fully saturated rings. The minimum absolute atomic E-state index is 0.159. The van der Waals surface area contributed by atoms with Crippen LogP contribution >= 0.6 is 11.6 Å². The first-order chi connectivity index (χ1) is 9.70. The molecule has 0 N–H and O–H groups in total. The zero-order valence-electron chi connectivity index (χ0n) is 11.3. The van der Waals surface area contributed by atoms with Gasteiger partial charge in [0.15, 0.2) is 11.6 Å². The number of fused-ring (bicyclic) bond motifs is 1. The predicted molar refractivity (Wildman–Crippen MR) is 80.1 cm³/mol. The van der Waals surface area contributed by atoms with Crippen molar-refractivity contribution in [3.8, 4) is 0 Å². The second-order valence-electron chi connectivity index (χ2n) is 5.29. The Hall–Kier alpha value is -1.61. The Morgan fingerprint density at radius 1 is 1.35 bits per heavy atom. The molecular weight excluding hydrogens is 275 g/mol. The summed E-state index contributed by atoms with van der Waals surface area (Å²) in [4.78, 5) is 6.20. The van der Waals surface area contributed by atoms with Gasteiger partial charge in [-0.2, -0.15) is 0 Å². The third-order valence-corrected chi connectivity index (χ3v) is 3.98. The van der Waals surface area contributed by atoms with Gasteiger partial charge in [0.1, 0.15) is 0 Å². The molecule has 2 aromatic rings. The molecule has 4 heteroatoms. The highest BCUT2D eigenvalue weighted by Crippen LogP contribution is 2.36. The summed E-state index contributed by atoms with van der Waals surface area (Å²) in [5.41, 5.74) is 2.78. The second kappa shape index (κ2) is 5.41. The Bertz CT molecular complexity index is 630. The number of hydrogen-bond acceptors (Lipinski definition) is 2. The summed E-state index contributed by atoms with van der Waals surface area (Å²) in [6.45, 7) is 2.94. The van der Waals surface area contributed by atoms with E-state index in [1.165, 1.54) is 5.56 Å². The number of aromatic nitrogens is 1. The molecule has 0 radical (unpaired) electrons. The summed E-state index contributed by atoms with van der Waals surface area (Å²) < 4.78 is 14.5. The van der Waals surface area contributed by atoms with Gasteiger partial charge in [-0.05, 0) is 30.0 Å². The highest BCUT2D eigenvalue weighted by Gasteiger charge is 2.26. The summed E-state index contributed by atoms with van der Waals surface area (Å²) >= 11 is 5.79. The topological polar surface area (TPSA) is 16.1 Å². The van der Waals surface area contributed by atoms with Crippen LogP contribution in [0.25, 0.3) is 0 Å². The number of hydrogen-bond donors (Lipinski definition) is 0. The molecule has 1 aliphatic heterocycles. The van der Waals surface area contributed by atoms with E-state index in [4.69, 9.17) is 11.6 Å². The van der Waals surface area contributed by atoms with E-state index in [0.29, 0.717) is 17.3 Å². The maximum Gasteiger partial charge on any atom is 0.170 e. The highest BCUT2D eigenvalue weighted by atomic mass is 35.5. The lowest BCUT2D eigenvalue weighted by atomic mass is 9.94. The van der Waals surface area contributed by atoms with Gasteiger partial charge in [0.25, 0.3) is 0 Å². The molecule has 0 amide bonds. The van der Waals surface area contributed by atoms with Crippen LogP contribution in [-0.4, -0.2) is 11.5 Å². The molecule has 0 bridgehead atoms. The molecule has 2 heterocycles. The van der Waals surface area contributed by atoms with Crippen LogP contribution in [0.1, 0.15) is 18.1 Å². The van der Waals surface area contributed by atoms with Crippen LogP contribution in [0.3, 0.4) is 0 Å². The number of benzene rings is 1. The highest BCUT2D eigenvalue weighted by molar-refractivity contribution is 6.17. The lowest BCUT2D eigenvalue weighted by Gasteiger charge is -2.34. The number of pyridine rings is 1. The van der Waals surface area contributed by atoms with Crippen molar-refractivity contribution in [1.82, 2.24) is 4.98 Å². The number of halogens is 2. The first-order valence-electron chi connectivity index (χ1n) is 6.75. The van der Waals surface area contributed by atoms with Crippen molar-refractivity contribution < 1.29 is 4.39 Å². The van der Waals surface area contributed by atoms with E-state index in [0.717, 1.165) is 18.7 Å². The van der Waals surface area contributed by atoms with E-state index < -0.39 is 0 Å². The first kappa shape index (κ1) is 13.4. The van der Waals surface area contributed by atoms with E-state index in [9.17, 15) is 4.39 Å². The summed E-state index contributed by atoms with van der Waals surface area (Å²) in [7, 11) is 0. The molecular formula is C16H16ClFN2. The molecule has 1 aromatic carbocycles. The van der Waals surface area contributed by atoms with E-state index in [1.807, 2.05) is 23.1 Å². The van der Waals surface area contributed by atoms with Gasteiger partial charge >= 0.3 is 0 Å². The molecule has 0 saturated carbocycles. The number of anilines is 2. The summed E-state index contributed by atoms with van der Waals surface area (Å²) in [6, 6.07) is 9.75. The van der Waals surface area contributed by atoms with Crippen molar-refractivity contribution in [2.75, 3.05) is 11.4 Å². The van der Waals surface area contributed by atoms with E-state index in [2.05, 4.69) is 18.0 Å². The summed E-state index contributed by atoms with van der Waals surface area (Å²) in [5.74, 6) is 0.686. The molecule has 0 aliphatic carbocycles. The Balaban J connectivity index is 2.11. The van der Waals surface area contributed by atoms with E-state index >= 15 is 0 Å². The van der Waals surface area contributed by atoms with Crippen molar-refractivity contribution in [2.24, 2.45) is 5.92 Å².